The molecular formula is CaCl3NO9. The summed E-state index contributed by atoms with van der Waals surface area (Å²) in [6.07, 6.45) is 0. The minimum absolute atomic E-state index is 0. The van der Waals surface area contributed by atoms with Gasteiger partial charge in [0.15, 0.2) is 0 Å². The molecule has 14 heavy (non-hydrogen) atoms. The van der Waals surface area contributed by atoms with E-state index in [2.05, 4.69) is 0 Å². The van der Waals surface area contributed by atoms with Crippen molar-refractivity contribution in [3.63, 3.8) is 0 Å². The molecule has 0 saturated heterocycles. The average molecular weight is 304 g/mol. The minimum atomic E-state index is -2.85. The molecule has 0 fully saturated rings. The van der Waals surface area contributed by atoms with E-state index < -0.39 is 32.4 Å². The van der Waals surface area contributed by atoms with Crippen LogP contribution in [0.2, 0.25) is 0 Å². The first-order valence-electron chi connectivity index (χ1n) is 1.39. The zero-order valence-electron chi connectivity index (χ0n) is 5.96. The Bertz CT molecular complexity index is 48.5. The number of halogens is 3. The van der Waals surface area contributed by atoms with E-state index in [0.29, 0.717) is 0 Å². The van der Waals surface area contributed by atoms with Gasteiger partial charge in [-0.15, -0.1) is 0 Å². The molecule has 0 rings (SSSR count). The van der Waals surface area contributed by atoms with Crippen molar-refractivity contribution in [2.45, 2.75) is 0 Å². The summed E-state index contributed by atoms with van der Waals surface area (Å²) in [6, 6.07) is 0. The molecular weight excluding hydrogens is 304 g/mol. The first kappa shape index (κ1) is 29.6. The smallest absolute Gasteiger partial charge is 0.357 e. The van der Waals surface area contributed by atoms with Crippen molar-refractivity contribution in [2.24, 2.45) is 0 Å². The Morgan fingerprint density at radius 1 is 0.429 bits per heavy atom. The molecule has 0 N–H and O–H groups in total. The molecule has 0 spiro atoms. The summed E-state index contributed by atoms with van der Waals surface area (Å²) < 4.78 is 75.7. The van der Waals surface area contributed by atoms with Crippen molar-refractivity contribution >= 4 is 37.7 Å². The largest absolute Gasteiger partial charge is 2.00 e. The molecule has 0 saturated carbocycles. The van der Waals surface area contributed by atoms with Crippen molar-refractivity contribution in [3.8, 4) is 0 Å². The number of hydrogen-bond donors (Lipinski definition) is 0. The van der Waals surface area contributed by atoms with Crippen LogP contribution in [0, 0.1) is 32.4 Å². The van der Waals surface area contributed by atoms with Crippen LogP contribution in [0.4, 0.5) is 0 Å². The van der Waals surface area contributed by atoms with Gasteiger partial charge in [0.2, 0.25) is 0 Å². The van der Waals surface area contributed by atoms with Gasteiger partial charge in [0.05, 0.1) is 32.4 Å². The molecule has 0 aromatic rings. The van der Waals surface area contributed by atoms with Crippen LogP contribution in [-0.4, -0.2) is 37.7 Å². The molecule has 0 aliphatic rings. The van der Waals surface area contributed by atoms with Gasteiger partial charge in [0, 0.05) is 0 Å². The molecule has 10 nitrogen and oxygen atoms in total. The van der Waals surface area contributed by atoms with E-state index in [9.17, 15) is 0 Å². The van der Waals surface area contributed by atoms with Crippen LogP contribution in [-0.2, 0) is 0 Å². The van der Waals surface area contributed by atoms with E-state index in [-0.39, 0.29) is 43.9 Å². The van der Waals surface area contributed by atoms with Crippen LogP contribution in [0.5, 0.6) is 0 Å². The van der Waals surface area contributed by atoms with Crippen LogP contribution < -0.4 is 48.1 Å². The first-order chi connectivity index (χ1) is 5.20. The van der Waals surface area contributed by atoms with Gasteiger partial charge in [-0.3, -0.25) is 0 Å². The van der Waals surface area contributed by atoms with E-state index in [4.69, 9.17) is 41.9 Å². The summed E-state index contributed by atoms with van der Waals surface area (Å²) in [5.74, 6) is 0. The monoisotopic (exact) mass is 303 g/mol. The van der Waals surface area contributed by atoms with Crippen molar-refractivity contribution in [3.05, 3.63) is 0 Å². The standard InChI is InChI=1S/Ca.3ClO3.N/c;3*2-1(3)4;/q+2;3*-1;+1. The quantitative estimate of drug-likeness (QED) is 0.385. The molecule has 0 aromatic heterocycles. The third-order valence-corrected chi connectivity index (χ3v) is 0. The van der Waals surface area contributed by atoms with E-state index in [0.717, 1.165) is 0 Å². The van der Waals surface area contributed by atoms with Crippen molar-refractivity contribution in [1.29, 1.82) is 0 Å². The maximum Gasteiger partial charge on any atom is 2.00 e. The fourth-order valence-electron chi connectivity index (χ4n) is 0. The SMILES string of the molecule is [Ca+2].[N+].[O-][Cl+2]([O-])[O-].[O-][Cl+2]([O-])[O-].[O-][Cl+2]([O-])[O-]. The Hall–Kier alpha value is 1.73. The van der Waals surface area contributed by atoms with Crippen LogP contribution in [0.15, 0.2) is 0 Å². The topological polar surface area (TPSA) is 238 Å². The maximum atomic E-state index is 8.41. The van der Waals surface area contributed by atoms with Crippen LogP contribution in [0.1, 0.15) is 0 Å². The predicted octanol–water partition coefficient (Wildman–Crippen LogP) is -11.6. The molecule has 0 heterocycles. The third-order valence-electron chi connectivity index (χ3n) is 0. The Morgan fingerprint density at radius 2 is 0.429 bits per heavy atom. The molecule has 4 radical (unpaired) electrons. The van der Waals surface area contributed by atoms with Crippen LogP contribution in [0.25, 0.3) is 0 Å². The Kier molecular flexibility index (Phi) is 51.1. The van der Waals surface area contributed by atoms with Gasteiger partial charge in [0.1, 0.15) is 0 Å². The molecule has 0 atom stereocenters. The van der Waals surface area contributed by atoms with E-state index in [1.165, 1.54) is 0 Å². The summed E-state index contributed by atoms with van der Waals surface area (Å²) in [7, 11) is -8.56. The molecule has 82 valence electrons. The summed E-state index contributed by atoms with van der Waals surface area (Å²) in [6.45, 7) is 0. The molecule has 14 heteroatoms. The van der Waals surface area contributed by atoms with Crippen molar-refractivity contribution in [2.75, 3.05) is 0 Å². The number of nitrogens with zero attached hydrogens (tertiary/aromatic N) is 1. The van der Waals surface area contributed by atoms with Crippen molar-refractivity contribution in [1.82, 2.24) is 6.15 Å². The second-order valence-electron chi connectivity index (χ2n) is 0.567. The maximum absolute atomic E-state index is 8.41. The molecule has 0 unspecified atom stereocenters. The van der Waals surface area contributed by atoms with Crippen LogP contribution in [0.3, 0.4) is 0 Å². The zero-order chi connectivity index (χ0) is 10.7. The molecule has 0 aliphatic heterocycles. The predicted molar refractivity (Wildman–Crippen MR) is 7.89 cm³/mol. The van der Waals surface area contributed by atoms with Gasteiger partial charge in [-0.2, -0.15) is 0 Å². The minimum Gasteiger partial charge on any atom is -0.357 e. The first-order valence-corrected chi connectivity index (χ1v) is 4.17. The van der Waals surface area contributed by atoms with Gasteiger partial charge in [-0.05, 0) is 0 Å². The Balaban J connectivity index is -0.0000000270. The normalized spacial score (nSPS) is 7.71. The van der Waals surface area contributed by atoms with E-state index >= 15 is 0 Å². The fourth-order valence-corrected chi connectivity index (χ4v) is 0. The molecule has 0 aliphatic carbocycles. The second kappa shape index (κ2) is 24.1. The van der Waals surface area contributed by atoms with Crippen molar-refractivity contribution < 1.29 is 74.3 Å². The van der Waals surface area contributed by atoms with Crippen LogP contribution >= 0.6 is 0 Å². The fraction of sp³-hybridized carbons (Fsp3) is 0. The summed E-state index contributed by atoms with van der Waals surface area (Å²) in [5, 5.41) is 0. The van der Waals surface area contributed by atoms with Gasteiger partial charge in [-0.1, -0.05) is 0 Å². The van der Waals surface area contributed by atoms with E-state index in [1.807, 2.05) is 0 Å². The summed E-state index contributed by atoms with van der Waals surface area (Å²) in [5.41, 5.74) is 0. The number of rotatable bonds is 0. The third kappa shape index (κ3) is 744. The summed E-state index contributed by atoms with van der Waals surface area (Å²) in [4.78, 5) is 0. The molecule has 0 aromatic carbocycles. The van der Waals surface area contributed by atoms with Gasteiger partial charge in [-0.25, -0.2) is 0 Å². The Labute approximate surface area is 117 Å². The van der Waals surface area contributed by atoms with E-state index in [1.54, 1.807) is 0 Å². The van der Waals surface area contributed by atoms with Gasteiger partial charge >= 0.3 is 43.9 Å². The van der Waals surface area contributed by atoms with Gasteiger partial charge in [0.25, 0.3) is 0 Å². The average Bonchev–Trinajstić information content (AvgIpc) is 1.54. The molecule has 0 bridgehead atoms. The Morgan fingerprint density at radius 3 is 0.429 bits per heavy atom. The van der Waals surface area contributed by atoms with Gasteiger partial charge < -0.3 is 41.9 Å². The number of hydrogen-bond acceptors (Lipinski definition) is 9. The second-order valence-corrected chi connectivity index (χ2v) is 1.70. The molecule has 0 amide bonds. The zero-order valence-corrected chi connectivity index (χ0v) is 10.4. The summed E-state index contributed by atoms with van der Waals surface area (Å²) >= 11 is 0.